The molecule has 1 rings (SSSR count). The summed E-state index contributed by atoms with van der Waals surface area (Å²) in [6, 6.07) is 6.76. The Kier molecular flexibility index (Phi) is 2.67. The number of nitrogens with zero attached hydrogens (tertiary/aromatic N) is 1. The molecule has 0 heterocycles. The van der Waals surface area contributed by atoms with E-state index < -0.39 is 0 Å². The van der Waals surface area contributed by atoms with Crippen LogP contribution in [0.4, 0.5) is 0 Å². The van der Waals surface area contributed by atoms with Gasteiger partial charge in [0.25, 0.3) is 0 Å². The Morgan fingerprint density at radius 3 is 2.83 bits per heavy atom. The van der Waals surface area contributed by atoms with Gasteiger partial charge in [0.15, 0.2) is 0 Å². The Bertz CT molecular complexity index is 315. The fourth-order valence-electron chi connectivity index (χ4n) is 0.961. The van der Waals surface area contributed by atoms with E-state index in [1.807, 2.05) is 6.07 Å². The van der Waals surface area contributed by atoms with Crippen molar-refractivity contribution < 1.29 is 9.84 Å². The van der Waals surface area contributed by atoms with E-state index in [0.29, 0.717) is 16.9 Å². The van der Waals surface area contributed by atoms with Crippen molar-refractivity contribution in [2.45, 2.75) is 6.61 Å². The van der Waals surface area contributed by atoms with Crippen molar-refractivity contribution in [2.24, 2.45) is 0 Å². The van der Waals surface area contributed by atoms with E-state index in [-0.39, 0.29) is 6.61 Å². The SMILES string of the molecule is COc1ccc(C#N)cc1C[O]. The third-order valence-electron chi connectivity index (χ3n) is 1.57. The summed E-state index contributed by atoms with van der Waals surface area (Å²) in [5.74, 6) is 0.545. The van der Waals surface area contributed by atoms with Gasteiger partial charge in [0.1, 0.15) is 12.4 Å². The first-order valence-electron chi connectivity index (χ1n) is 3.47. The molecule has 0 unspecified atom stereocenters. The van der Waals surface area contributed by atoms with E-state index in [1.165, 1.54) is 7.11 Å². The summed E-state index contributed by atoms with van der Waals surface area (Å²) < 4.78 is 4.93. The van der Waals surface area contributed by atoms with Crippen molar-refractivity contribution >= 4 is 0 Å². The van der Waals surface area contributed by atoms with Crippen molar-refractivity contribution in [2.75, 3.05) is 7.11 Å². The van der Waals surface area contributed by atoms with E-state index in [4.69, 9.17) is 10.00 Å². The Hall–Kier alpha value is -1.53. The van der Waals surface area contributed by atoms with Gasteiger partial charge in [-0.25, -0.2) is 5.11 Å². The van der Waals surface area contributed by atoms with Gasteiger partial charge in [-0.1, -0.05) is 0 Å². The minimum atomic E-state index is -0.362. The summed E-state index contributed by atoms with van der Waals surface area (Å²) in [4.78, 5) is 0. The first kappa shape index (κ1) is 8.57. The summed E-state index contributed by atoms with van der Waals surface area (Å²) in [6.07, 6.45) is 0. The van der Waals surface area contributed by atoms with Crippen molar-refractivity contribution in [1.82, 2.24) is 0 Å². The molecule has 0 aliphatic carbocycles. The first-order chi connectivity index (χ1) is 5.81. The monoisotopic (exact) mass is 162 g/mol. The topological polar surface area (TPSA) is 52.9 Å². The first-order valence-corrected chi connectivity index (χ1v) is 3.47. The molecule has 0 aliphatic heterocycles. The van der Waals surface area contributed by atoms with Crippen LogP contribution in [0.2, 0.25) is 0 Å². The summed E-state index contributed by atoms with van der Waals surface area (Å²) in [7, 11) is 1.50. The van der Waals surface area contributed by atoms with Crippen molar-refractivity contribution in [1.29, 1.82) is 5.26 Å². The van der Waals surface area contributed by atoms with Gasteiger partial charge in [-0.15, -0.1) is 0 Å². The molecule has 0 atom stereocenters. The van der Waals surface area contributed by atoms with E-state index >= 15 is 0 Å². The second-order valence-electron chi connectivity index (χ2n) is 2.28. The molecule has 0 spiro atoms. The highest BCUT2D eigenvalue weighted by Gasteiger charge is 2.02. The predicted molar refractivity (Wildman–Crippen MR) is 42.1 cm³/mol. The zero-order valence-electron chi connectivity index (χ0n) is 6.70. The van der Waals surface area contributed by atoms with Crippen LogP contribution in [0.15, 0.2) is 18.2 Å². The molecule has 0 bridgehead atoms. The second kappa shape index (κ2) is 3.74. The molecular formula is C9H8NO2. The van der Waals surface area contributed by atoms with Crippen LogP contribution in [0.3, 0.4) is 0 Å². The Labute approximate surface area is 70.8 Å². The van der Waals surface area contributed by atoms with Crippen LogP contribution in [0, 0.1) is 11.3 Å². The van der Waals surface area contributed by atoms with Gasteiger partial charge in [-0.05, 0) is 18.2 Å². The smallest absolute Gasteiger partial charge is 0.124 e. The van der Waals surface area contributed by atoms with E-state index in [0.717, 1.165) is 0 Å². The van der Waals surface area contributed by atoms with Crippen LogP contribution in [0.5, 0.6) is 5.75 Å². The highest BCUT2D eigenvalue weighted by atomic mass is 16.5. The number of rotatable bonds is 2. The molecule has 0 aliphatic rings. The molecule has 12 heavy (non-hydrogen) atoms. The minimum absolute atomic E-state index is 0.362. The highest BCUT2D eigenvalue weighted by molar-refractivity contribution is 5.41. The van der Waals surface area contributed by atoms with E-state index in [2.05, 4.69) is 0 Å². The van der Waals surface area contributed by atoms with Gasteiger partial charge < -0.3 is 4.74 Å². The van der Waals surface area contributed by atoms with E-state index in [9.17, 15) is 5.11 Å². The largest absolute Gasteiger partial charge is 0.496 e. The molecule has 0 N–H and O–H groups in total. The summed E-state index contributed by atoms with van der Waals surface area (Å²) in [5, 5.41) is 19.1. The molecular weight excluding hydrogens is 154 g/mol. The molecule has 0 saturated carbocycles. The number of hydrogen-bond acceptors (Lipinski definition) is 2. The maximum Gasteiger partial charge on any atom is 0.124 e. The average molecular weight is 162 g/mol. The third kappa shape index (κ3) is 1.55. The average Bonchev–Trinajstić information content (AvgIpc) is 2.16. The quantitative estimate of drug-likeness (QED) is 0.661. The van der Waals surface area contributed by atoms with Crippen LogP contribution in [-0.4, -0.2) is 7.11 Å². The normalized spacial score (nSPS) is 9.08. The fourth-order valence-corrected chi connectivity index (χ4v) is 0.961. The molecule has 0 fully saturated rings. The Balaban J connectivity index is 3.13. The Morgan fingerprint density at radius 1 is 1.58 bits per heavy atom. The van der Waals surface area contributed by atoms with Gasteiger partial charge >= 0.3 is 0 Å². The molecule has 1 aromatic rings. The third-order valence-corrected chi connectivity index (χ3v) is 1.57. The minimum Gasteiger partial charge on any atom is -0.496 e. The summed E-state index contributed by atoms with van der Waals surface area (Å²) in [6.45, 7) is -0.362. The maximum atomic E-state index is 10.6. The van der Waals surface area contributed by atoms with Gasteiger partial charge in [-0.3, -0.25) is 0 Å². The van der Waals surface area contributed by atoms with Gasteiger partial charge in [0.2, 0.25) is 0 Å². The highest BCUT2D eigenvalue weighted by Crippen LogP contribution is 2.19. The van der Waals surface area contributed by atoms with Gasteiger partial charge in [0.05, 0.1) is 18.7 Å². The van der Waals surface area contributed by atoms with Gasteiger partial charge in [-0.2, -0.15) is 5.26 Å². The molecule has 1 aromatic carbocycles. The number of hydrogen-bond donors (Lipinski definition) is 0. The summed E-state index contributed by atoms with van der Waals surface area (Å²) in [5.41, 5.74) is 1.01. The van der Waals surface area contributed by atoms with Crippen LogP contribution >= 0.6 is 0 Å². The van der Waals surface area contributed by atoms with E-state index in [1.54, 1.807) is 18.2 Å². The van der Waals surface area contributed by atoms with Crippen LogP contribution in [0.1, 0.15) is 11.1 Å². The van der Waals surface area contributed by atoms with Crippen LogP contribution < -0.4 is 4.74 Å². The molecule has 0 saturated heterocycles. The van der Waals surface area contributed by atoms with Crippen molar-refractivity contribution in [3.05, 3.63) is 29.3 Å². The maximum absolute atomic E-state index is 10.6. The van der Waals surface area contributed by atoms with Crippen molar-refractivity contribution in [3.63, 3.8) is 0 Å². The van der Waals surface area contributed by atoms with Gasteiger partial charge in [0, 0.05) is 5.56 Å². The number of benzene rings is 1. The molecule has 0 aromatic heterocycles. The zero-order chi connectivity index (χ0) is 8.97. The second-order valence-corrected chi connectivity index (χ2v) is 2.28. The van der Waals surface area contributed by atoms with Crippen molar-refractivity contribution in [3.8, 4) is 11.8 Å². The lowest BCUT2D eigenvalue weighted by Gasteiger charge is -2.04. The molecule has 3 nitrogen and oxygen atoms in total. The lowest BCUT2D eigenvalue weighted by atomic mass is 10.1. The predicted octanol–water partition coefficient (Wildman–Crippen LogP) is 1.50. The zero-order valence-corrected chi connectivity index (χ0v) is 6.70. The van der Waals surface area contributed by atoms with Crippen LogP contribution in [0.25, 0.3) is 0 Å². The molecule has 1 radical (unpaired) electrons. The molecule has 0 amide bonds. The number of nitriles is 1. The Morgan fingerprint density at radius 2 is 2.33 bits per heavy atom. The number of ether oxygens (including phenoxy) is 1. The lowest BCUT2D eigenvalue weighted by Crippen LogP contribution is -1.91. The number of methoxy groups -OCH3 is 1. The molecule has 61 valence electrons. The van der Waals surface area contributed by atoms with Crippen LogP contribution in [-0.2, 0) is 11.7 Å². The summed E-state index contributed by atoms with van der Waals surface area (Å²) >= 11 is 0. The molecule has 3 heteroatoms. The standard InChI is InChI=1S/C9H8NO2/c1-12-9-3-2-7(5-10)4-8(9)6-11/h2-4H,6H2,1H3. The fraction of sp³-hybridized carbons (Fsp3) is 0.222. The lowest BCUT2D eigenvalue weighted by molar-refractivity contribution is 0.174.